The summed E-state index contributed by atoms with van der Waals surface area (Å²) in [7, 11) is 0. The molecule has 1 atom stereocenters. The molecule has 3 heterocycles. The van der Waals surface area contributed by atoms with Crippen molar-refractivity contribution in [1.29, 1.82) is 0 Å². The van der Waals surface area contributed by atoms with Crippen LogP contribution in [0.4, 0.5) is 0 Å². The highest BCUT2D eigenvalue weighted by Gasteiger charge is 2.28. The fourth-order valence-corrected chi connectivity index (χ4v) is 3.46. The molecule has 0 unspecified atom stereocenters. The molecule has 0 saturated heterocycles. The number of nitrogens with zero attached hydrogens (tertiary/aromatic N) is 2. The molecule has 1 aliphatic heterocycles. The number of ether oxygens (including phenoxy) is 1. The molecule has 1 amide bonds. The number of hydrogen-bond donors (Lipinski definition) is 0. The maximum atomic E-state index is 13.1. The van der Waals surface area contributed by atoms with Crippen molar-refractivity contribution < 1.29 is 13.9 Å². The van der Waals surface area contributed by atoms with Gasteiger partial charge >= 0.3 is 0 Å². The summed E-state index contributed by atoms with van der Waals surface area (Å²) in [4.78, 5) is 19.2. The second-order valence-electron chi connectivity index (χ2n) is 6.26. The Morgan fingerprint density at radius 2 is 2.19 bits per heavy atom. The fraction of sp³-hybridized carbons (Fsp3) is 0.238. The number of furan rings is 1. The van der Waals surface area contributed by atoms with Gasteiger partial charge in [-0.3, -0.25) is 9.78 Å². The second-order valence-corrected chi connectivity index (χ2v) is 6.26. The smallest absolute Gasteiger partial charge is 0.257 e. The Bertz CT molecular complexity index is 891. The molecule has 0 spiro atoms. The normalized spacial score (nSPS) is 13.7. The Kier molecular flexibility index (Phi) is 4.44. The lowest BCUT2D eigenvalue weighted by molar-refractivity contribution is 0.0716. The van der Waals surface area contributed by atoms with Crippen LogP contribution in [0.5, 0.6) is 5.75 Å². The van der Waals surface area contributed by atoms with Gasteiger partial charge in [-0.15, -0.1) is 0 Å². The Balaban J connectivity index is 1.79. The van der Waals surface area contributed by atoms with Crippen LogP contribution in [0.15, 0.2) is 65.7 Å². The van der Waals surface area contributed by atoms with Crippen LogP contribution in [0.2, 0.25) is 0 Å². The zero-order valence-corrected chi connectivity index (χ0v) is 14.6. The Morgan fingerprint density at radius 3 is 2.92 bits per heavy atom. The fourth-order valence-electron chi connectivity index (χ4n) is 3.46. The van der Waals surface area contributed by atoms with Crippen molar-refractivity contribution >= 4 is 5.91 Å². The number of aromatic nitrogens is 1. The van der Waals surface area contributed by atoms with Crippen LogP contribution in [0, 0.1) is 0 Å². The third kappa shape index (κ3) is 2.96. The van der Waals surface area contributed by atoms with Crippen LogP contribution >= 0.6 is 0 Å². The largest absolute Gasteiger partial charge is 0.493 e. The molecule has 1 aliphatic rings. The predicted molar refractivity (Wildman–Crippen MR) is 97.1 cm³/mol. The van der Waals surface area contributed by atoms with Crippen LogP contribution in [0.1, 0.15) is 40.0 Å². The number of fused-ring (bicyclic) bond motifs is 1. The molecule has 0 bridgehead atoms. The van der Waals surface area contributed by atoms with Crippen molar-refractivity contribution in [2.75, 3.05) is 13.2 Å². The van der Waals surface area contributed by atoms with E-state index in [-0.39, 0.29) is 11.9 Å². The molecule has 3 aromatic rings. The van der Waals surface area contributed by atoms with Gasteiger partial charge in [-0.25, -0.2) is 0 Å². The van der Waals surface area contributed by atoms with Gasteiger partial charge < -0.3 is 14.1 Å². The Hall–Kier alpha value is -3.08. The monoisotopic (exact) mass is 348 g/mol. The van der Waals surface area contributed by atoms with Gasteiger partial charge in [0.05, 0.1) is 24.5 Å². The summed E-state index contributed by atoms with van der Waals surface area (Å²) in [5.74, 6) is 0.870. The topological polar surface area (TPSA) is 55.6 Å². The third-order valence-corrected chi connectivity index (χ3v) is 4.71. The predicted octanol–water partition coefficient (Wildman–Crippen LogP) is 3.86. The number of amides is 1. The molecule has 2 aromatic heterocycles. The molecule has 0 saturated carbocycles. The highest BCUT2D eigenvalue weighted by Crippen LogP contribution is 2.34. The minimum atomic E-state index is -0.220. The Labute approximate surface area is 152 Å². The average Bonchev–Trinajstić information content (AvgIpc) is 3.37. The molecule has 26 heavy (non-hydrogen) atoms. The number of rotatable bonds is 5. The zero-order valence-electron chi connectivity index (χ0n) is 14.6. The van der Waals surface area contributed by atoms with Gasteiger partial charge in [0.25, 0.3) is 5.91 Å². The Morgan fingerprint density at radius 1 is 1.27 bits per heavy atom. The van der Waals surface area contributed by atoms with Crippen LogP contribution < -0.4 is 4.74 Å². The van der Waals surface area contributed by atoms with Gasteiger partial charge in [0, 0.05) is 25.4 Å². The lowest BCUT2D eigenvalue weighted by atomic mass is 9.95. The summed E-state index contributed by atoms with van der Waals surface area (Å²) >= 11 is 0. The minimum absolute atomic E-state index is 0.0631. The van der Waals surface area contributed by atoms with Crippen LogP contribution in [-0.2, 0) is 6.42 Å². The summed E-state index contributed by atoms with van der Waals surface area (Å²) in [6, 6.07) is 11.6. The first-order valence-corrected chi connectivity index (χ1v) is 8.76. The van der Waals surface area contributed by atoms with Crippen LogP contribution in [0.25, 0.3) is 0 Å². The number of carbonyl (C=O) groups excluding carboxylic acids is 1. The van der Waals surface area contributed by atoms with E-state index in [0.717, 1.165) is 23.3 Å². The van der Waals surface area contributed by atoms with Crippen LogP contribution in [-0.4, -0.2) is 28.9 Å². The zero-order chi connectivity index (χ0) is 17.9. The van der Waals surface area contributed by atoms with E-state index in [1.165, 1.54) is 18.1 Å². The molecular weight excluding hydrogens is 328 g/mol. The van der Waals surface area contributed by atoms with Gasteiger partial charge in [0.2, 0.25) is 0 Å². The lowest BCUT2D eigenvalue weighted by Gasteiger charge is -2.31. The first kappa shape index (κ1) is 16.4. The molecule has 5 nitrogen and oxygen atoms in total. The number of pyridine rings is 1. The molecule has 0 aliphatic carbocycles. The first-order chi connectivity index (χ1) is 12.8. The van der Waals surface area contributed by atoms with E-state index in [4.69, 9.17) is 9.15 Å². The van der Waals surface area contributed by atoms with Gasteiger partial charge in [0.1, 0.15) is 12.0 Å². The molecule has 1 aromatic carbocycles. The van der Waals surface area contributed by atoms with Crippen molar-refractivity contribution in [3.05, 3.63) is 83.6 Å². The summed E-state index contributed by atoms with van der Waals surface area (Å²) in [6.07, 6.45) is 7.46. The number of hydrogen-bond acceptors (Lipinski definition) is 4. The van der Waals surface area contributed by atoms with Gasteiger partial charge in [-0.05, 0) is 47.9 Å². The van der Waals surface area contributed by atoms with E-state index in [2.05, 4.69) is 11.1 Å². The third-order valence-electron chi connectivity index (χ3n) is 4.71. The van der Waals surface area contributed by atoms with Crippen molar-refractivity contribution in [3.63, 3.8) is 0 Å². The van der Waals surface area contributed by atoms with E-state index in [9.17, 15) is 4.79 Å². The number of benzene rings is 1. The highest BCUT2D eigenvalue weighted by molar-refractivity contribution is 5.94. The van der Waals surface area contributed by atoms with Gasteiger partial charge in [0.15, 0.2) is 0 Å². The second kappa shape index (κ2) is 7.04. The molecule has 132 valence electrons. The van der Waals surface area contributed by atoms with E-state index in [1.807, 2.05) is 42.3 Å². The molecular formula is C21H20N2O3. The standard InChI is InChI=1S/C21H20N2O3/c1-2-23(21(24)18-7-10-25-14-18)20(17-4-3-9-22-13-17)16-5-6-19-15(12-16)8-11-26-19/h3-7,9-10,12-14,20H,2,8,11H2,1H3/t20-/m1/s1. The molecule has 4 rings (SSSR count). The summed E-state index contributed by atoms with van der Waals surface area (Å²) < 4.78 is 10.7. The molecule has 0 N–H and O–H groups in total. The van der Waals surface area contributed by atoms with Crippen LogP contribution in [0.3, 0.4) is 0 Å². The van der Waals surface area contributed by atoms with Crippen molar-refractivity contribution in [1.82, 2.24) is 9.88 Å². The van der Waals surface area contributed by atoms with Crippen molar-refractivity contribution in [3.8, 4) is 5.75 Å². The van der Waals surface area contributed by atoms with Crippen molar-refractivity contribution in [2.45, 2.75) is 19.4 Å². The highest BCUT2D eigenvalue weighted by atomic mass is 16.5. The quantitative estimate of drug-likeness (QED) is 0.702. The summed E-state index contributed by atoms with van der Waals surface area (Å²) in [5, 5.41) is 0. The SMILES string of the molecule is CCN(C(=O)c1ccoc1)[C@@H](c1cccnc1)c1ccc2c(c1)CCO2. The first-order valence-electron chi connectivity index (χ1n) is 8.76. The van der Waals surface area contributed by atoms with E-state index in [0.29, 0.717) is 18.7 Å². The maximum Gasteiger partial charge on any atom is 0.257 e. The summed E-state index contributed by atoms with van der Waals surface area (Å²) in [6.45, 7) is 3.26. The van der Waals surface area contributed by atoms with E-state index >= 15 is 0 Å². The molecule has 5 heteroatoms. The lowest BCUT2D eigenvalue weighted by Crippen LogP contribution is -2.35. The molecule has 0 fully saturated rings. The van der Waals surface area contributed by atoms with E-state index in [1.54, 1.807) is 12.3 Å². The van der Waals surface area contributed by atoms with Gasteiger partial charge in [-0.1, -0.05) is 12.1 Å². The number of carbonyl (C=O) groups is 1. The minimum Gasteiger partial charge on any atom is -0.493 e. The van der Waals surface area contributed by atoms with Gasteiger partial charge in [-0.2, -0.15) is 0 Å². The van der Waals surface area contributed by atoms with E-state index < -0.39 is 0 Å². The molecule has 0 radical (unpaired) electrons. The maximum absolute atomic E-state index is 13.1. The average molecular weight is 348 g/mol. The summed E-state index contributed by atoms with van der Waals surface area (Å²) in [5.41, 5.74) is 3.76. The van der Waals surface area contributed by atoms with Crippen molar-refractivity contribution in [2.24, 2.45) is 0 Å².